The van der Waals surface area contributed by atoms with Crippen molar-refractivity contribution in [1.82, 2.24) is 10.2 Å². The van der Waals surface area contributed by atoms with Gasteiger partial charge in [-0.15, -0.1) is 0 Å². The zero-order chi connectivity index (χ0) is 16.1. The Morgan fingerprint density at radius 3 is 3.04 bits per heavy atom. The SMILES string of the molecule is CCNC(=NCCc1ccc2c(c1)OCO2)N1CCCC(C)C1. The minimum absolute atomic E-state index is 0.328. The van der Waals surface area contributed by atoms with Gasteiger partial charge in [0.05, 0.1) is 0 Å². The van der Waals surface area contributed by atoms with Crippen LogP contribution in [-0.4, -0.2) is 43.8 Å². The fourth-order valence-electron chi connectivity index (χ4n) is 3.19. The van der Waals surface area contributed by atoms with Crippen LogP contribution in [0.5, 0.6) is 11.5 Å². The lowest BCUT2D eigenvalue weighted by atomic mass is 10.0. The topological polar surface area (TPSA) is 46.1 Å². The second-order valence-corrected chi connectivity index (χ2v) is 6.37. The van der Waals surface area contributed by atoms with Crippen LogP contribution in [0.3, 0.4) is 0 Å². The number of hydrogen-bond acceptors (Lipinski definition) is 3. The number of rotatable bonds is 4. The van der Waals surface area contributed by atoms with Crippen molar-refractivity contribution in [2.45, 2.75) is 33.1 Å². The highest BCUT2D eigenvalue weighted by atomic mass is 16.7. The lowest BCUT2D eigenvalue weighted by Crippen LogP contribution is -2.46. The summed E-state index contributed by atoms with van der Waals surface area (Å²) in [5.74, 6) is 3.50. The third-order valence-corrected chi connectivity index (χ3v) is 4.39. The molecule has 0 aliphatic carbocycles. The van der Waals surface area contributed by atoms with Crippen LogP contribution in [-0.2, 0) is 6.42 Å². The molecule has 0 spiro atoms. The number of piperidine rings is 1. The van der Waals surface area contributed by atoms with E-state index in [1.165, 1.54) is 18.4 Å². The molecule has 5 heteroatoms. The van der Waals surface area contributed by atoms with Crippen LogP contribution >= 0.6 is 0 Å². The summed E-state index contributed by atoms with van der Waals surface area (Å²) in [5.41, 5.74) is 1.24. The smallest absolute Gasteiger partial charge is 0.231 e. The first-order valence-electron chi connectivity index (χ1n) is 8.68. The van der Waals surface area contributed by atoms with Gasteiger partial charge in [-0.25, -0.2) is 0 Å². The van der Waals surface area contributed by atoms with E-state index in [1.54, 1.807) is 0 Å². The molecular weight excluding hydrogens is 290 g/mol. The summed E-state index contributed by atoms with van der Waals surface area (Å²) in [5, 5.41) is 3.43. The molecule has 0 amide bonds. The van der Waals surface area contributed by atoms with E-state index in [1.807, 2.05) is 6.07 Å². The third kappa shape index (κ3) is 4.09. The number of nitrogens with zero attached hydrogens (tertiary/aromatic N) is 2. The van der Waals surface area contributed by atoms with Crippen molar-refractivity contribution >= 4 is 5.96 Å². The van der Waals surface area contributed by atoms with E-state index in [0.29, 0.717) is 6.79 Å². The Labute approximate surface area is 138 Å². The summed E-state index contributed by atoms with van der Waals surface area (Å²) >= 11 is 0. The summed E-state index contributed by atoms with van der Waals surface area (Å²) < 4.78 is 10.8. The number of likely N-dealkylation sites (tertiary alicyclic amines) is 1. The summed E-state index contributed by atoms with van der Waals surface area (Å²) in [4.78, 5) is 7.22. The molecule has 1 fully saturated rings. The maximum absolute atomic E-state index is 5.43. The highest BCUT2D eigenvalue weighted by molar-refractivity contribution is 5.80. The monoisotopic (exact) mass is 317 g/mol. The van der Waals surface area contributed by atoms with Gasteiger partial charge in [-0.3, -0.25) is 4.99 Å². The number of fused-ring (bicyclic) bond motifs is 1. The van der Waals surface area contributed by atoms with Gasteiger partial charge in [-0.05, 0) is 49.8 Å². The number of benzene rings is 1. The molecule has 1 atom stereocenters. The molecule has 1 N–H and O–H groups in total. The maximum Gasteiger partial charge on any atom is 0.231 e. The zero-order valence-corrected chi connectivity index (χ0v) is 14.2. The standard InChI is InChI=1S/C18H27N3O2/c1-3-19-18(21-10-4-5-14(2)12-21)20-9-8-15-6-7-16-17(11-15)23-13-22-16/h6-7,11,14H,3-5,8-10,12-13H2,1-2H3,(H,19,20). The Balaban J connectivity index is 1.59. The van der Waals surface area contributed by atoms with Crippen LogP contribution < -0.4 is 14.8 Å². The van der Waals surface area contributed by atoms with E-state index in [-0.39, 0.29) is 0 Å². The number of ether oxygens (including phenoxy) is 2. The Kier molecular flexibility index (Phi) is 5.26. The first-order chi connectivity index (χ1) is 11.3. The fourth-order valence-corrected chi connectivity index (χ4v) is 3.19. The molecule has 1 unspecified atom stereocenters. The molecule has 126 valence electrons. The molecule has 0 aromatic heterocycles. The highest BCUT2D eigenvalue weighted by Crippen LogP contribution is 2.32. The average Bonchev–Trinajstić information content (AvgIpc) is 3.02. The van der Waals surface area contributed by atoms with Crippen LogP contribution in [0.25, 0.3) is 0 Å². The van der Waals surface area contributed by atoms with Gasteiger partial charge in [-0.1, -0.05) is 13.0 Å². The molecule has 2 aliphatic heterocycles. The number of aliphatic imine (C=N–C) groups is 1. The van der Waals surface area contributed by atoms with Crippen LogP contribution in [0, 0.1) is 5.92 Å². The predicted octanol–water partition coefficient (Wildman–Crippen LogP) is 2.66. The molecule has 1 aromatic rings. The normalized spacial score (nSPS) is 20.7. The predicted molar refractivity (Wildman–Crippen MR) is 92.2 cm³/mol. The zero-order valence-electron chi connectivity index (χ0n) is 14.2. The molecule has 2 heterocycles. The molecule has 1 aromatic carbocycles. The second kappa shape index (κ2) is 7.57. The van der Waals surface area contributed by atoms with Crippen molar-refractivity contribution in [1.29, 1.82) is 0 Å². The van der Waals surface area contributed by atoms with Gasteiger partial charge in [-0.2, -0.15) is 0 Å². The summed E-state index contributed by atoms with van der Waals surface area (Å²) in [6, 6.07) is 6.14. The van der Waals surface area contributed by atoms with Gasteiger partial charge >= 0.3 is 0 Å². The first kappa shape index (κ1) is 16.0. The molecule has 2 aliphatic rings. The maximum atomic E-state index is 5.43. The molecule has 1 saturated heterocycles. The van der Waals surface area contributed by atoms with E-state index in [2.05, 4.69) is 36.2 Å². The fraction of sp³-hybridized carbons (Fsp3) is 0.611. The van der Waals surface area contributed by atoms with E-state index >= 15 is 0 Å². The Bertz CT molecular complexity index is 559. The van der Waals surface area contributed by atoms with Crippen molar-refractivity contribution in [3.05, 3.63) is 23.8 Å². The van der Waals surface area contributed by atoms with E-state index in [9.17, 15) is 0 Å². The van der Waals surface area contributed by atoms with Crippen molar-refractivity contribution in [2.24, 2.45) is 10.9 Å². The largest absolute Gasteiger partial charge is 0.454 e. The van der Waals surface area contributed by atoms with Gasteiger partial charge in [0.2, 0.25) is 6.79 Å². The molecule has 0 bridgehead atoms. The van der Waals surface area contributed by atoms with E-state index in [4.69, 9.17) is 14.5 Å². The van der Waals surface area contributed by atoms with Gasteiger partial charge in [0.1, 0.15) is 0 Å². The van der Waals surface area contributed by atoms with Crippen LogP contribution in [0.4, 0.5) is 0 Å². The molecule has 0 saturated carbocycles. The second-order valence-electron chi connectivity index (χ2n) is 6.37. The Hall–Kier alpha value is -1.91. The van der Waals surface area contributed by atoms with Crippen molar-refractivity contribution < 1.29 is 9.47 Å². The van der Waals surface area contributed by atoms with Gasteiger partial charge in [0.15, 0.2) is 17.5 Å². The molecule has 3 rings (SSSR count). The quantitative estimate of drug-likeness (QED) is 0.685. The number of hydrogen-bond donors (Lipinski definition) is 1. The molecule has 23 heavy (non-hydrogen) atoms. The third-order valence-electron chi connectivity index (χ3n) is 4.39. The first-order valence-corrected chi connectivity index (χ1v) is 8.68. The Morgan fingerprint density at radius 2 is 2.22 bits per heavy atom. The summed E-state index contributed by atoms with van der Waals surface area (Å²) in [6.07, 6.45) is 3.50. The van der Waals surface area contributed by atoms with Crippen molar-refractivity contribution in [2.75, 3.05) is 33.0 Å². The van der Waals surface area contributed by atoms with Crippen molar-refractivity contribution in [3.8, 4) is 11.5 Å². The average molecular weight is 317 g/mol. The van der Waals surface area contributed by atoms with Crippen LogP contribution in [0.2, 0.25) is 0 Å². The van der Waals surface area contributed by atoms with Gasteiger partial charge in [0, 0.05) is 26.2 Å². The highest BCUT2D eigenvalue weighted by Gasteiger charge is 2.19. The number of nitrogens with one attached hydrogen (secondary N) is 1. The van der Waals surface area contributed by atoms with E-state index in [0.717, 1.165) is 56.0 Å². The molecule has 5 nitrogen and oxygen atoms in total. The number of guanidine groups is 1. The lowest BCUT2D eigenvalue weighted by Gasteiger charge is -2.33. The Morgan fingerprint density at radius 1 is 1.35 bits per heavy atom. The van der Waals surface area contributed by atoms with Gasteiger partial charge < -0.3 is 19.7 Å². The van der Waals surface area contributed by atoms with Crippen molar-refractivity contribution in [3.63, 3.8) is 0 Å². The van der Waals surface area contributed by atoms with Crippen LogP contribution in [0.1, 0.15) is 32.3 Å². The summed E-state index contributed by atoms with van der Waals surface area (Å²) in [7, 11) is 0. The molecule has 0 radical (unpaired) electrons. The minimum Gasteiger partial charge on any atom is -0.454 e. The molecular formula is C18H27N3O2. The van der Waals surface area contributed by atoms with E-state index < -0.39 is 0 Å². The van der Waals surface area contributed by atoms with Gasteiger partial charge in [0.25, 0.3) is 0 Å². The lowest BCUT2D eigenvalue weighted by molar-refractivity contribution is 0.174. The summed E-state index contributed by atoms with van der Waals surface area (Å²) in [6.45, 7) is 8.69. The minimum atomic E-state index is 0.328. The van der Waals surface area contributed by atoms with Crippen LogP contribution in [0.15, 0.2) is 23.2 Å².